The molecule has 0 saturated heterocycles. The first kappa shape index (κ1) is 13.1. The molecule has 0 radical (unpaired) electrons. The normalized spacial score (nSPS) is 10.1. The van der Waals surface area contributed by atoms with E-state index in [-0.39, 0.29) is 0 Å². The number of carbonyl (C=O) groups is 1. The summed E-state index contributed by atoms with van der Waals surface area (Å²) in [5.41, 5.74) is 7.65. The number of rotatable bonds is 6. The summed E-state index contributed by atoms with van der Waals surface area (Å²) in [6, 6.07) is 5.31. The van der Waals surface area contributed by atoms with Gasteiger partial charge in [0.15, 0.2) is 6.29 Å². The van der Waals surface area contributed by atoms with Crippen LogP contribution in [-0.2, 0) is 0 Å². The van der Waals surface area contributed by atoms with Crippen molar-refractivity contribution in [2.75, 3.05) is 35.5 Å². The summed E-state index contributed by atoms with van der Waals surface area (Å²) in [7, 11) is 0. The van der Waals surface area contributed by atoms with Gasteiger partial charge in [-0.05, 0) is 18.2 Å². The van der Waals surface area contributed by atoms with Crippen molar-refractivity contribution in [1.82, 2.24) is 0 Å². The molecule has 3 nitrogen and oxygen atoms in total. The van der Waals surface area contributed by atoms with E-state index in [2.05, 4.69) is 0 Å². The van der Waals surface area contributed by atoms with Gasteiger partial charge in [0.25, 0.3) is 0 Å². The number of aldehydes is 1. The summed E-state index contributed by atoms with van der Waals surface area (Å²) in [6.45, 7) is 1.41. The largest absolute Gasteiger partial charge is 0.398 e. The number of alkyl halides is 2. The molecule has 0 aliphatic heterocycles. The monoisotopic (exact) mass is 260 g/mol. The van der Waals surface area contributed by atoms with Crippen LogP contribution in [0.5, 0.6) is 0 Å². The molecule has 5 heteroatoms. The first-order valence-corrected chi connectivity index (χ1v) is 6.01. The van der Waals surface area contributed by atoms with Gasteiger partial charge in [-0.3, -0.25) is 4.79 Å². The highest BCUT2D eigenvalue weighted by molar-refractivity contribution is 6.18. The van der Waals surface area contributed by atoms with Gasteiger partial charge in [-0.2, -0.15) is 0 Å². The van der Waals surface area contributed by atoms with Crippen LogP contribution in [0, 0.1) is 0 Å². The van der Waals surface area contributed by atoms with Crippen LogP contribution in [0.15, 0.2) is 18.2 Å². The molecule has 1 aromatic carbocycles. The van der Waals surface area contributed by atoms with Gasteiger partial charge >= 0.3 is 0 Å². The number of nitrogen functional groups attached to an aromatic ring is 1. The van der Waals surface area contributed by atoms with Crippen molar-refractivity contribution in [2.45, 2.75) is 0 Å². The number of halogens is 2. The zero-order valence-corrected chi connectivity index (χ0v) is 10.3. The molecule has 0 saturated carbocycles. The average Bonchev–Trinajstić information content (AvgIpc) is 2.28. The molecule has 0 aromatic heterocycles. The fraction of sp³-hybridized carbons (Fsp3) is 0.364. The number of nitrogens with two attached hydrogens (primary N) is 1. The van der Waals surface area contributed by atoms with Crippen molar-refractivity contribution in [1.29, 1.82) is 0 Å². The van der Waals surface area contributed by atoms with Gasteiger partial charge in [0.2, 0.25) is 0 Å². The van der Waals surface area contributed by atoms with Gasteiger partial charge in [0.05, 0.1) is 0 Å². The molecule has 2 N–H and O–H groups in total. The van der Waals surface area contributed by atoms with Crippen LogP contribution in [0.3, 0.4) is 0 Å². The molecular weight excluding hydrogens is 247 g/mol. The number of hydrogen-bond donors (Lipinski definition) is 1. The highest BCUT2D eigenvalue weighted by atomic mass is 35.5. The van der Waals surface area contributed by atoms with E-state index in [4.69, 9.17) is 28.9 Å². The fourth-order valence-corrected chi connectivity index (χ4v) is 1.85. The van der Waals surface area contributed by atoms with Crippen molar-refractivity contribution >= 4 is 40.9 Å². The highest BCUT2D eigenvalue weighted by Gasteiger charge is 2.07. The van der Waals surface area contributed by atoms with Crippen molar-refractivity contribution < 1.29 is 4.79 Å². The smallest absolute Gasteiger partial charge is 0.152 e. The maximum absolute atomic E-state index is 10.6. The Morgan fingerprint density at radius 1 is 1.25 bits per heavy atom. The first-order chi connectivity index (χ1) is 7.72. The Kier molecular flexibility index (Phi) is 5.43. The van der Waals surface area contributed by atoms with E-state index in [1.54, 1.807) is 12.1 Å². The average molecular weight is 261 g/mol. The van der Waals surface area contributed by atoms with Gasteiger partial charge in [-0.15, -0.1) is 23.2 Å². The van der Waals surface area contributed by atoms with E-state index < -0.39 is 0 Å². The van der Waals surface area contributed by atoms with Crippen LogP contribution < -0.4 is 10.6 Å². The van der Waals surface area contributed by atoms with E-state index in [1.165, 1.54) is 0 Å². The standard InChI is InChI=1S/C11H14Cl2N2O/c12-3-5-15(6-4-13)10-2-1-9(8-16)11(14)7-10/h1-2,7-8H,3-6,14H2. The van der Waals surface area contributed by atoms with Crippen LogP contribution in [-0.4, -0.2) is 31.1 Å². The quantitative estimate of drug-likeness (QED) is 0.485. The fourth-order valence-electron chi connectivity index (χ4n) is 1.44. The Morgan fingerprint density at radius 3 is 2.31 bits per heavy atom. The van der Waals surface area contributed by atoms with Crippen LogP contribution in [0.4, 0.5) is 11.4 Å². The SMILES string of the molecule is Nc1cc(N(CCCl)CCCl)ccc1C=O. The lowest BCUT2D eigenvalue weighted by molar-refractivity contribution is 0.112. The summed E-state index contributed by atoms with van der Waals surface area (Å²) in [5, 5.41) is 0. The topological polar surface area (TPSA) is 46.3 Å². The van der Waals surface area contributed by atoms with Gasteiger partial charge < -0.3 is 10.6 Å². The minimum Gasteiger partial charge on any atom is -0.398 e. The molecule has 0 aliphatic rings. The van der Waals surface area contributed by atoms with E-state index in [0.29, 0.717) is 36.1 Å². The lowest BCUT2D eigenvalue weighted by Crippen LogP contribution is -2.27. The van der Waals surface area contributed by atoms with Crippen molar-refractivity contribution in [3.05, 3.63) is 23.8 Å². The van der Waals surface area contributed by atoms with Crippen LogP contribution in [0.25, 0.3) is 0 Å². The molecule has 1 aromatic rings. The third kappa shape index (κ3) is 3.29. The van der Waals surface area contributed by atoms with Gasteiger partial charge in [-0.25, -0.2) is 0 Å². The third-order valence-corrected chi connectivity index (χ3v) is 2.61. The van der Waals surface area contributed by atoms with Crippen molar-refractivity contribution in [2.24, 2.45) is 0 Å². The number of carbonyl (C=O) groups excluding carboxylic acids is 1. The maximum atomic E-state index is 10.6. The van der Waals surface area contributed by atoms with Crippen LogP contribution >= 0.6 is 23.2 Å². The van der Waals surface area contributed by atoms with E-state index in [0.717, 1.165) is 12.0 Å². The lowest BCUT2D eigenvalue weighted by atomic mass is 10.1. The molecular formula is C11H14Cl2N2O. The number of benzene rings is 1. The maximum Gasteiger partial charge on any atom is 0.152 e. The van der Waals surface area contributed by atoms with Gasteiger partial charge in [-0.1, -0.05) is 0 Å². The highest BCUT2D eigenvalue weighted by Crippen LogP contribution is 2.20. The van der Waals surface area contributed by atoms with E-state index >= 15 is 0 Å². The molecule has 88 valence electrons. The van der Waals surface area contributed by atoms with Crippen LogP contribution in [0.2, 0.25) is 0 Å². The molecule has 16 heavy (non-hydrogen) atoms. The minimum atomic E-state index is 0.474. The molecule has 0 amide bonds. The van der Waals surface area contributed by atoms with Crippen LogP contribution in [0.1, 0.15) is 10.4 Å². The number of nitrogens with zero attached hydrogens (tertiary/aromatic N) is 1. The Hall–Kier alpha value is -0.930. The first-order valence-electron chi connectivity index (χ1n) is 4.94. The summed E-state index contributed by atoms with van der Waals surface area (Å²) >= 11 is 11.4. The predicted octanol–water partition coefficient (Wildman–Crippen LogP) is 2.37. The second-order valence-electron chi connectivity index (χ2n) is 3.30. The van der Waals surface area contributed by atoms with Gasteiger partial charge in [0.1, 0.15) is 0 Å². The molecule has 0 spiro atoms. The Bertz CT molecular complexity index is 352. The van der Waals surface area contributed by atoms with Crippen molar-refractivity contribution in [3.63, 3.8) is 0 Å². The van der Waals surface area contributed by atoms with Crippen molar-refractivity contribution in [3.8, 4) is 0 Å². The summed E-state index contributed by atoms with van der Waals surface area (Å²) in [5.74, 6) is 1.04. The second-order valence-corrected chi connectivity index (χ2v) is 4.05. The van der Waals surface area contributed by atoms with Gasteiger partial charge in [0, 0.05) is 41.8 Å². The molecule has 0 bridgehead atoms. The predicted molar refractivity (Wildman–Crippen MR) is 69.9 cm³/mol. The third-order valence-electron chi connectivity index (χ3n) is 2.27. The number of anilines is 2. The summed E-state index contributed by atoms with van der Waals surface area (Å²) < 4.78 is 0. The zero-order chi connectivity index (χ0) is 12.0. The Balaban J connectivity index is 2.91. The Morgan fingerprint density at radius 2 is 1.88 bits per heavy atom. The van der Waals surface area contributed by atoms with E-state index in [1.807, 2.05) is 11.0 Å². The minimum absolute atomic E-state index is 0.474. The molecule has 0 aliphatic carbocycles. The molecule has 0 atom stereocenters. The molecule has 0 unspecified atom stereocenters. The summed E-state index contributed by atoms with van der Waals surface area (Å²) in [4.78, 5) is 12.7. The zero-order valence-electron chi connectivity index (χ0n) is 8.83. The number of hydrogen-bond acceptors (Lipinski definition) is 3. The lowest BCUT2D eigenvalue weighted by Gasteiger charge is -2.23. The summed E-state index contributed by atoms with van der Waals surface area (Å²) in [6.07, 6.45) is 0.743. The Labute approximate surface area is 105 Å². The molecule has 0 heterocycles. The van der Waals surface area contributed by atoms with E-state index in [9.17, 15) is 4.79 Å². The molecule has 1 rings (SSSR count). The molecule has 0 fully saturated rings. The second kappa shape index (κ2) is 6.61.